The van der Waals surface area contributed by atoms with Gasteiger partial charge in [-0.1, -0.05) is 0 Å². The number of amides is 1. The number of rotatable bonds is 15. The van der Waals surface area contributed by atoms with E-state index in [-0.39, 0.29) is 13.2 Å². The van der Waals surface area contributed by atoms with Gasteiger partial charge in [0.05, 0.1) is 66.1 Å². The van der Waals surface area contributed by atoms with Crippen molar-refractivity contribution in [1.29, 1.82) is 0 Å². The van der Waals surface area contributed by atoms with E-state index in [9.17, 15) is 14.4 Å². The molecule has 15 heteroatoms. The van der Waals surface area contributed by atoms with E-state index in [1.807, 2.05) is 20.8 Å². The predicted octanol–water partition coefficient (Wildman–Crippen LogP) is 2.38. The lowest BCUT2D eigenvalue weighted by Gasteiger charge is -2.20. The zero-order chi connectivity index (χ0) is 33.1. The number of hydrogen-bond donors (Lipinski definition) is 4. The minimum atomic E-state index is -1.06. The topological polar surface area (TPSA) is 204 Å². The van der Waals surface area contributed by atoms with E-state index >= 15 is 0 Å². The fourth-order valence-electron chi connectivity index (χ4n) is 2.01. The van der Waals surface area contributed by atoms with Crippen molar-refractivity contribution in [2.24, 2.45) is 5.73 Å². The van der Waals surface area contributed by atoms with Gasteiger partial charge in [-0.2, -0.15) is 0 Å². The Morgan fingerprint density at radius 2 is 0.929 bits per heavy atom. The number of aliphatic hydroxyl groups is 2. The Morgan fingerprint density at radius 1 is 0.571 bits per heavy atom. The molecule has 252 valence electrons. The van der Waals surface area contributed by atoms with Crippen LogP contribution in [-0.2, 0) is 37.9 Å². The van der Waals surface area contributed by atoms with E-state index in [0.717, 1.165) is 0 Å². The van der Waals surface area contributed by atoms with Gasteiger partial charge in [0.15, 0.2) is 0 Å². The van der Waals surface area contributed by atoms with Gasteiger partial charge in [0, 0.05) is 13.1 Å². The number of carbonyl (C=O) groups excluding carboxylic acids is 3. The van der Waals surface area contributed by atoms with Crippen molar-refractivity contribution >= 4 is 18.4 Å². The summed E-state index contributed by atoms with van der Waals surface area (Å²) < 4.78 is 38.9. The second-order valence-corrected chi connectivity index (χ2v) is 11.1. The largest absolute Gasteiger partial charge is 0.519 e. The second-order valence-electron chi connectivity index (χ2n) is 11.1. The van der Waals surface area contributed by atoms with Gasteiger partial charge in [-0.05, 0) is 62.3 Å². The molecule has 0 aromatic carbocycles. The number of nitrogens with one attached hydrogen (secondary N) is 1. The molecule has 0 bridgehead atoms. The normalized spacial score (nSPS) is 11.2. The Balaban J connectivity index is -0.000000562. The Labute approximate surface area is 250 Å². The van der Waals surface area contributed by atoms with Crippen LogP contribution in [0.5, 0.6) is 0 Å². The lowest BCUT2D eigenvalue weighted by molar-refractivity contribution is -0.0294. The highest BCUT2D eigenvalue weighted by molar-refractivity contribution is 5.77. The number of ether oxygens (including phenoxy) is 8. The van der Waals surface area contributed by atoms with Crippen LogP contribution in [0.1, 0.15) is 62.3 Å². The molecule has 5 N–H and O–H groups in total. The van der Waals surface area contributed by atoms with Crippen LogP contribution in [0.25, 0.3) is 0 Å². The summed E-state index contributed by atoms with van der Waals surface area (Å²) in [6.07, 6.45) is -2.56. The van der Waals surface area contributed by atoms with Crippen LogP contribution in [0.2, 0.25) is 0 Å². The highest BCUT2D eigenvalue weighted by Gasteiger charge is 2.24. The van der Waals surface area contributed by atoms with E-state index in [1.54, 1.807) is 41.5 Å². The lowest BCUT2D eigenvalue weighted by atomic mass is 10.2. The standard InChI is InChI=1S/C11H23NO5.C10H18O5.C6H15NO3/c1-11(2,3)17-10(14)12-4-6-15-8-9-16-7-5-13;1-9(2,3)14-7(11)13-8(12)15-10(4,5)6;7-1-3-9-5-6-10-4-2-8/h13H,4-9H2,1-3H3,(H,12,14);1-6H3;8H,1-7H2. The fraction of sp³-hybridized carbons (Fsp3) is 0.889. The van der Waals surface area contributed by atoms with Crippen LogP contribution in [-0.4, -0.2) is 125 Å². The summed E-state index contributed by atoms with van der Waals surface area (Å²) in [6, 6.07) is 0. The zero-order valence-electron chi connectivity index (χ0n) is 26.9. The summed E-state index contributed by atoms with van der Waals surface area (Å²) in [7, 11) is 0. The Kier molecular flexibility index (Phi) is 27.7. The van der Waals surface area contributed by atoms with Crippen molar-refractivity contribution < 1.29 is 62.5 Å². The third kappa shape index (κ3) is 44.7. The van der Waals surface area contributed by atoms with Crippen LogP contribution in [0.4, 0.5) is 14.4 Å². The first-order valence-corrected chi connectivity index (χ1v) is 13.7. The Morgan fingerprint density at radius 3 is 1.26 bits per heavy atom. The SMILES string of the molecule is CC(C)(C)OC(=O)NCCOCCOCCO.CC(C)(C)OC(=O)OC(=O)OC(C)(C)C.NCCOCCOCCO. The molecule has 0 saturated heterocycles. The molecule has 0 rings (SSSR count). The zero-order valence-corrected chi connectivity index (χ0v) is 26.9. The average Bonchev–Trinajstić information content (AvgIpc) is 2.80. The van der Waals surface area contributed by atoms with Gasteiger partial charge in [0.25, 0.3) is 0 Å². The molecule has 1 amide bonds. The molecule has 0 atom stereocenters. The van der Waals surface area contributed by atoms with Gasteiger partial charge in [-0.3, -0.25) is 0 Å². The number of hydrogen-bond acceptors (Lipinski definition) is 14. The molecular weight excluding hydrogens is 560 g/mol. The first-order chi connectivity index (χ1) is 19.4. The van der Waals surface area contributed by atoms with E-state index in [2.05, 4.69) is 10.1 Å². The van der Waals surface area contributed by atoms with Crippen LogP contribution < -0.4 is 11.1 Å². The highest BCUT2D eigenvalue weighted by Crippen LogP contribution is 2.11. The van der Waals surface area contributed by atoms with Gasteiger partial charge < -0.3 is 59.2 Å². The summed E-state index contributed by atoms with van der Waals surface area (Å²) in [4.78, 5) is 33.2. The number of aliphatic hydroxyl groups excluding tert-OH is 2. The maximum absolute atomic E-state index is 11.2. The minimum Gasteiger partial charge on any atom is -0.444 e. The molecule has 0 aliphatic carbocycles. The molecule has 0 heterocycles. The molecule has 0 aromatic rings. The number of alkyl carbamates (subject to hydrolysis) is 1. The molecule has 0 aliphatic rings. The molecule has 0 spiro atoms. The van der Waals surface area contributed by atoms with Crippen LogP contribution in [0, 0.1) is 0 Å². The minimum absolute atomic E-state index is 0.0141. The molecule has 42 heavy (non-hydrogen) atoms. The van der Waals surface area contributed by atoms with E-state index in [4.69, 9.17) is 49.1 Å². The van der Waals surface area contributed by atoms with Crippen molar-refractivity contribution in [3.05, 3.63) is 0 Å². The van der Waals surface area contributed by atoms with E-state index < -0.39 is 35.2 Å². The van der Waals surface area contributed by atoms with Crippen LogP contribution in [0.15, 0.2) is 0 Å². The monoisotopic (exact) mass is 616 g/mol. The lowest BCUT2D eigenvalue weighted by Crippen LogP contribution is -2.34. The number of nitrogens with two attached hydrogens (primary N) is 1. The first-order valence-electron chi connectivity index (χ1n) is 13.7. The summed E-state index contributed by atoms with van der Waals surface area (Å²) in [6.45, 7) is 20.1. The predicted molar refractivity (Wildman–Crippen MR) is 154 cm³/mol. The smallest absolute Gasteiger partial charge is 0.444 e. The van der Waals surface area contributed by atoms with Crippen molar-refractivity contribution in [3.63, 3.8) is 0 Å². The molecule has 0 fully saturated rings. The first kappa shape index (κ1) is 44.2. The number of carbonyl (C=O) groups is 3. The average molecular weight is 617 g/mol. The van der Waals surface area contributed by atoms with Crippen molar-refractivity contribution in [1.82, 2.24) is 5.32 Å². The maximum atomic E-state index is 11.2. The quantitative estimate of drug-likeness (QED) is 0.0903. The maximum Gasteiger partial charge on any atom is 0.519 e. The summed E-state index contributed by atoms with van der Waals surface area (Å²) in [5.41, 5.74) is 3.29. The van der Waals surface area contributed by atoms with Crippen molar-refractivity contribution in [3.8, 4) is 0 Å². The molecule has 0 aliphatic heterocycles. The van der Waals surface area contributed by atoms with Gasteiger partial charge in [-0.25, -0.2) is 14.4 Å². The summed E-state index contributed by atoms with van der Waals surface area (Å²) in [5.74, 6) is 0. The highest BCUT2D eigenvalue weighted by atomic mass is 16.8. The van der Waals surface area contributed by atoms with Gasteiger partial charge in [0.2, 0.25) is 0 Å². The van der Waals surface area contributed by atoms with Crippen molar-refractivity contribution in [2.75, 3.05) is 79.2 Å². The van der Waals surface area contributed by atoms with E-state index in [1.165, 1.54) is 0 Å². The molecular formula is C27H56N2O13. The van der Waals surface area contributed by atoms with Gasteiger partial charge in [0.1, 0.15) is 16.8 Å². The van der Waals surface area contributed by atoms with Crippen molar-refractivity contribution in [2.45, 2.75) is 79.1 Å². The third-order valence-corrected chi connectivity index (χ3v) is 3.34. The molecule has 0 saturated carbocycles. The summed E-state index contributed by atoms with van der Waals surface area (Å²) >= 11 is 0. The molecule has 0 radical (unpaired) electrons. The third-order valence-electron chi connectivity index (χ3n) is 3.34. The molecule has 15 nitrogen and oxygen atoms in total. The molecule has 0 unspecified atom stereocenters. The van der Waals surface area contributed by atoms with Crippen LogP contribution in [0.3, 0.4) is 0 Å². The van der Waals surface area contributed by atoms with Crippen LogP contribution >= 0.6 is 0 Å². The van der Waals surface area contributed by atoms with Gasteiger partial charge in [-0.15, -0.1) is 0 Å². The second kappa shape index (κ2) is 26.4. The fourth-order valence-corrected chi connectivity index (χ4v) is 2.01. The Bertz CT molecular complexity index is 638. The Hall–Kier alpha value is -2.27. The van der Waals surface area contributed by atoms with E-state index in [0.29, 0.717) is 65.9 Å². The van der Waals surface area contributed by atoms with Gasteiger partial charge >= 0.3 is 18.4 Å². The summed E-state index contributed by atoms with van der Waals surface area (Å²) in [5, 5.41) is 19.3. The molecule has 0 aromatic heterocycles.